The number of hydrogen-bond acceptors (Lipinski definition) is 2. The molecule has 0 radical (unpaired) electrons. The van der Waals surface area contributed by atoms with E-state index in [2.05, 4.69) is 62.2 Å². The number of benzene rings is 1. The Hall–Kier alpha value is -1.02. The van der Waals surface area contributed by atoms with Gasteiger partial charge in [-0.05, 0) is 55.0 Å². The average Bonchev–Trinajstić information content (AvgIpc) is 2.41. The van der Waals surface area contributed by atoms with Crippen LogP contribution in [0.5, 0.6) is 0 Å². The Morgan fingerprint density at radius 3 is 2.25 bits per heavy atom. The molecule has 112 valence electrons. The summed E-state index contributed by atoms with van der Waals surface area (Å²) < 4.78 is 0. The monoisotopic (exact) mass is 274 g/mol. The standard InChI is InChI=1S/C18H30N2/c1-15-9-12-20(13-10-15)14-11-19-17-7-5-16(6-8-17)18(2,3)4/h5-8,15,19H,9-14H2,1-4H3. The quantitative estimate of drug-likeness (QED) is 0.888. The van der Waals surface area contributed by atoms with Gasteiger partial charge in [-0.25, -0.2) is 0 Å². The second-order valence-electron chi connectivity index (χ2n) is 7.28. The van der Waals surface area contributed by atoms with Gasteiger partial charge in [-0.2, -0.15) is 0 Å². The van der Waals surface area contributed by atoms with Crippen molar-refractivity contribution in [2.45, 2.75) is 46.0 Å². The van der Waals surface area contributed by atoms with Crippen LogP contribution in [0.1, 0.15) is 46.1 Å². The Morgan fingerprint density at radius 2 is 1.70 bits per heavy atom. The number of nitrogens with one attached hydrogen (secondary N) is 1. The van der Waals surface area contributed by atoms with Crippen molar-refractivity contribution >= 4 is 5.69 Å². The minimum Gasteiger partial charge on any atom is -0.384 e. The molecule has 20 heavy (non-hydrogen) atoms. The maximum Gasteiger partial charge on any atom is 0.0340 e. The molecule has 1 fully saturated rings. The molecule has 1 aliphatic heterocycles. The average molecular weight is 274 g/mol. The molecule has 2 nitrogen and oxygen atoms in total. The first-order chi connectivity index (χ1) is 9.45. The Bertz CT molecular complexity index is 394. The minimum atomic E-state index is 0.239. The van der Waals surface area contributed by atoms with Gasteiger partial charge in [0, 0.05) is 18.8 Å². The fraction of sp³-hybridized carbons (Fsp3) is 0.667. The summed E-state index contributed by atoms with van der Waals surface area (Å²) in [5.74, 6) is 0.921. The number of anilines is 1. The van der Waals surface area contributed by atoms with Gasteiger partial charge in [0.05, 0.1) is 0 Å². The summed E-state index contributed by atoms with van der Waals surface area (Å²) in [5.41, 5.74) is 2.87. The van der Waals surface area contributed by atoms with Gasteiger partial charge in [0.15, 0.2) is 0 Å². The van der Waals surface area contributed by atoms with Gasteiger partial charge in [0.25, 0.3) is 0 Å². The Balaban J connectivity index is 1.74. The highest BCUT2D eigenvalue weighted by atomic mass is 15.1. The van der Waals surface area contributed by atoms with Crippen molar-refractivity contribution in [3.8, 4) is 0 Å². The minimum absolute atomic E-state index is 0.239. The highest BCUT2D eigenvalue weighted by Crippen LogP contribution is 2.23. The van der Waals surface area contributed by atoms with Gasteiger partial charge in [-0.15, -0.1) is 0 Å². The second kappa shape index (κ2) is 6.62. The maximum absolute atomic E-state index is 3.54. The smallest absolute Gasteiger partial charge is 0.0340 e. The van der Waals surface area contributed by atoms with Crippen molar-refractivity contribution in [3.63, 3.8) is 0 Å². The van der Waals surface area contributed by atoms with E-state index in [0.29, 0.717) is 0 Å². The Labute approximate surface area is 124 Å². The molecule has 2 heteroatoms. The first-order valence-electron chi connectivity index (χ1n) is 8.02. The van der Waals surface area contributed by atoms with E-state index in [-0.39, 0.29) is 5.41 Å². The van der Waals surface area contributed by atoms with Gasteiger partial charge in [-0.1, -0.05) is 39.8 Å². The molecule has 0 unspecified atom stereocenters. The van der Waals surface area contributed by atoms with Crippen LogP contribution in [-0.4, -0.2) is 31.1 Å². The molecule has 0 amide bonds. The summed E-state index contributed by atoms with van der Waals surface area (Å²) in [4.78, 5) is 2.58. The molecule has 0 aliphatic carbocycles. The molecule has 0 aromatic heterocycles. The number of piperidine rings is 1. The Kier molecular flexibility index (Phi) is 5.09. The number of hydrogen-bond donors (Lipinski definition) is 1. The molecule has 0 saturated carbocycles. The van der Waals surface area contributed by atoms with Crippen molar-refractivity contribution in [1.29, 1.82) is 0 Å². The molecule has 1 saturated heterocycles. The van der Waals surface area contributed by atoms with Gasteiger partial charge in [0.2, 0.25) is 0 Å². The molecule has 1 heterocycles. The first-order valence-corrected chi connectivity index (χ1v) is 8.02. The number of nitrogens with zero attached hydrogens (tertiary/aromatic N) is 1. The summed E-state index contributed by atoms with van der Waals surface area (Å²) in [6.07, 6.45) is 2.72. The SMILES string of the molecule is CC1CCN(CCNc2ccc(C(C)(C)C)cc2)CC1. The summed E-state index contributed by atoms with van der Waals surface area (Å²) in [7, 11) is 0. The van der Waals surface area contributed by atoms with Crippen LogP contribution >= 0.6 is 0 Å². The van der Waals surface area contributed by atoms with E-state index in [9.17, 15) is 0 Å². The molecule has 1 aromatic rings. The molecule has 1 N–H and O–H groups in total. The van der Waals surface area contributed by atoms with Crippen LogP contribution in [0.2, 0.25) is 0 Å². The van der Waals surface area contributed by atoms with Crippen LogP contribution in [0.4, 0.5) is 5.69 Å². The highest BCUT2D eigenvalue weighted by molar-refractivity contribution is 5.45. The zero-order valence-corrected chi connectivity index (χ0v) is 13.6. The van der Waals surface area contributed by atoms with E-state index < -0.39 is 0 Å². The third kappa shape index (κ3) is 4.52. The molecule has 1 aromatic carbocycles. The van der Waals surface area contributed by atoms with E-state index >= 15 is 0 Å². The van der Waals surface area contributed by atoms with Gasteiger partial charge in [0.1, 0.15) is 0 Å². The molecule has 1 aliphatic rings. The highest BCUT2D eigenvalue weighted by Gasteiger charge is 2.15. The van der Waals surface area contributed by atoms with E-state index in [1.165, 1.54) is 37.2 Å². The normalized spacial score (nSPS) is 18.2. The molecule has 2 rings (SSSR count). The molecular formula is C18H30N2. The summed E-state index contributed by atoms with van der Waals surface area (Å²) in [6.45, 7) is 13.9. The fourth-order valence-corrected chi connectivity index (χ4v) is 2.73. The second-order valence-corrected chi connectivity index (χ2v) is 7.28. The Morgan fingerprint density at radius 1 is 1.10 bits per heavy atom. The van der Waals surface area contributed by atoms with E-state index in [0.717, 1.165) is 19.0 Å². The summed E-state index contributed by atoms with van der Waals surface area (Å²) >= 11 is 0. The summed E-state index contributed by atoms with van der Waals surface area (Å²) in [6, 6.07) is 8.90. The van der Waals surface area contributed by atoms with Gasteiger partial charge >= 0.3 is 0 Å². The zero-order chi connectivity index (χ0) is 14.6. The summed E-state index contributed by atoms with van der Waals surface area (Å²) in [5, 5.41) is 3.54. The van der Waals surface area contributed by atoms with Crippen LogP contribution in [0, 0.1) is 5.92 Å². The van der Waals surface area contributed by atoms with Gasteiger partial charge in [-0.3, -0.25) is 0 Å². The lowest BCUT2D eigenvalue weighted by Crippen LogP contribution is -2.36. The van der Waals surface area contributed by atoms with Crippen LogP contribution in [0.3, 0.4) is 0 Å². The van der Waals surface area contributed by atoms with Gasteiger partial charge < -0.3 is 10.2 Å². The molecular weight excluding hydrogens is 244 g/mol. The van der Waals surface area contributed by atoms with E-state index in [4.69, 9.17) is 0 Å². The molecule has 0 bridgehead atoms. The van der Waals surface area contributed by atoms with Crippen LogP contribution in [0.25, 0.3) is 0 Å². The first kappa shape index (κ1) is 15.4. The van der Waals surface area contributed by atoms with Crippen LogP contribution in [0.15, 0.2) is 24.3 Å². The van der Waals surface area contributed by atoms with Crippen LogP contribution < -0.4 is 5.32 Å². The number of likely N-dealkylation sites (tertiary alicyclic amines) is 1. The fourth-order valence-electron chi connectivity index (χ4n) is 2.73. The van der Waals surface area contributed by atoms with E-state index in [1.807, 2.05) is 0 Å². The lowest BCUT2D eigenvalue weighted by atomic mass is 9.87. The topological polar surface area (TPSA) is 15.3 Å². The molecule has 0 spiro atoms. The largest absolute Gasteiger partial charge is 0.384 e. The third-order valence-corrected chi connectivity index (χ3v) is 4.38. The van der Waals surface area contributed by atoms with E-state index in [1.54, 1.807) is 0 Å². The van der Waals surface area contributed by atoms with Crippen molar-refractivity contribution in [2.24, 2.45) is 5.92 Å². The van der Waals surface area contributed by atoms with Crippen LogP contribution in [-0.2, 0) is 5.41 Å². The molecule has 0 atom stereocenters. The van der Waals surface area contributed by atoms with Crippen molar-refractivity contribution in [2.75, 3.05) is 31.5 Å². The third-order valence-electron chi connectivity index (χ3n) is 4.38. The lowest BCUT2D eigenvalue weighted by Gasteiger charge is -2.30. The van der Waals surface area contributed by atoms with Crippen molar-refractivity contribution in [3.05, 3.63) is 29.8 Å². The zero-order valence-electron chi connectivity index (χ0n) is 13.6. The predicted octanol–water partition coefficient (Wildman–Crippen LogP) is 4.13. The van der Waals surface area contributed by atoms with Crippen molar-refractivity contribution in [1.82, 2.24) is 4.90 Å². The maximum atomic E-state index is 3.54. The van der Waals surface area contributed by atoms with Crippen molar-refractivity contribution < 1.29 is 0 Å². The number of rotatable bonds is 4. The predicted molar refractivity (Wildman–Crippen MR) is 88.5 cm³/mol. The lowest BCUT2D eigenvalue weighted by molar-refractivity contribution is 0.199.